The summed E-state index contributed by atoms with van der Waals surface area (Å²) in [5, 5.41) is 0.427. The summed E-state index contributed by atoms with van der Waals surface area (Å²) in [6, 6.07) is 6.00. The molecule has 1 aliphatic rings. The molecule has 4 rings (SSSR count). The molecule has 0 atom stereocenters. The van der Waals surface area contributed by atoms with Crippen molar-refractivity contribution in [1.29, 1.82) is 0 Å². The highest BCUT2D eigenvalue weighted by Crippen LogP contribution is 2.42. The number of benzene rings is 1. The van der Waals surface area contributed by atoms with E-state index < -0.39 is 5.51 Å². The largest absolute Gasteiger partial charge is 0.446 e. The molecule has 2 heterocycles. The van der Waals surface area contributed by atoms with Gasteiger partial charge in [-0.2, -0.15) is 13.2 Å². The van der Waals surface area contributed by atoms with E-state index in [1.807, 2.05) is 6.07 Å². The van der Waals surface area contributed by atoms with Crippen molar-refractivity contribution in [2.75, 3.05) is 0 Å². The van der Waals surface area contributed by atoms with Gasteiger partial charge in [0.1, 0.15) is 11.2 Å². The number of thioether (sulfide) groups is 1. The number of aromatic nitrogens is 2. The summed E-state index contributed by atoms with van der Waals surface area (Å²) < 4.78 is 43.0. The summed E-state index contributed by atoms with van der Waals surface area (Å²) in [6.45, 7) is 0. The first-order chi connectivity index (χ1) is 11.4. The van der Waals surface area contributed by atoms with Crippen LogP contribution in [0.2, 0.25) is 5.02 Å². The number of nitrogens with zero attached hydrogens (tertiary/aromatic N) is 2. The highest BCUT2D eigenvalue weighted by atomic mass is 35.5. The lowest BCUT2D eigenvalue weighted by Gasteiger charge is -2.04. The van der Waals surface area contributed by atoms with Gasteiger partial charge in [-0.25, -0.2) is 9.97 Å². The fourth-order valence-corrected chi connectivity index (χ4v) is 3.29. The third-order valence-electron chi connectivity index (χ3n) is 3.71. The van der Waals surface area contributed by atoms with Crippen molar-refractivity contribution in [2.24, 2.45) is 0 Å². The molecule has 0 saturated heterocycles. The Morgan fingerprint density at radius 1 is 1.21 bits per heavy atom. The summed E-state index contributed by atoms with van der Waals surface area (Å²) in [7, 11) is 0. The number of halogens is 4. The van der Waals surface area contributed by atoms with Gasteiger partial charge in [-0.05, 0) is 60.4 Å². The van der Waals surface area contributed by atoms with E-state index in [-0.39, 0.29) is 22.5 Å². The van der Waals surface area contributed by atoms with Crippen molar-refractivity contribution in [3.8, 4) is 11.6 Å². The molecule has 0 aliphatic heterocycles. The van der Waals surface area contributed by atoms with Crippen LogP contribution in [0.5, 0.6) is 0 Å². The Morgan fingerprint density at radius 2 is 2.00 bits per heavy atom. The highest BCUT2D eigenvalue weighted by Gasteiger charge is 2.29. The Labute approximate surface area is 144 Å². The van der Waals surface area contributed by atoms with Crippen molar-refractivity contribution >= 4 is 34.5 Å². The Kier molecular flexibility index (Phi) is 3.73. The minimum absolute atomic E-state index is 0.0537. The van der Waals surface area contributed by atoms with E-state index in [1.54, 1.807) is 6.20 Å². The molecule has 1 fully saturated rings. The molecule has 1 saturated carbocycles. The minimum atomic E-state index is -4.34. The minimum Gasteiger partial charge on any atom is -0.435 e. The van der Waals surface area contributed by atoms with Gasteiger partial charge in [-0.1, -0.05) is 11.6 Å². The zero-order chi connectivity index (χ0) is 16.9. The van der Waals surface area contributed by atoms with E-state index in [4.69, 9.17) is 16.0 Å². The second-order valence-corrected chi connectivity index (χ2v) is 7.12. The fourth-order valence-electron chi connectivity index (χ4n) is 2.46. The molecular weight excluding hydrogens is 361 g/mol. The lowest BCUT2D eigenvalue weighted by atomic mass is 10.2. The van der Waals surface area contributed by atoms with Gasteiger partial charge >= 0.3 is 5.51 Å². The zero-order valence-corrected chi connectivity index (χ0v) is 13.7. The van der Waals surface area contributed by atoms with Crippen molar-refractivity contribution in [3.63, 3.8) is 0 Å². The molecule has 0 amide bonds. The molecule has 3 aromatic rings. The number of rotatable bonds is 3. The average Bonchev–Trinajstić information content (AvgIpc) is 3.25. The van der Waals surface area contributed by atoms with Gasteiger partial charge in [0.25, 0.3) is 0 Å². The number of pyridine rings is 1. The summed E-state index contributed by atoms with van der Waals surface area (Å²) in [6.07, 6.45) is 4.03. The molecule has 0 bridgehead atoms. The molecule has 0 N–H and O–H groups in total. The normalized spacial score (nSPS) is 15.2. The molecule has 1 aromatic carbocycles. The van der Waals surface area contributed by atoms with E-state index in [1.165, 1.54) is 18.2 Å². The van der Waals surface area contributed by atoms with Crippen LogP contribution in [0.15, 0.2) is 39.8 Å². The Balaban J connectivity index is 1.69. The van der Waals surface area contributed by atoms with E-state index in [2.05, 4.69) is 9.97 Å². The summed E-state index contributed by atoms with van der Waals surface area (Å²) in [5.41, 5.74) is -2.14. The first-order valence-corrected chi connectivity index (χ1v) is 8.41. The predicted octanol–water partition coefficient (Wildman–Crippen LogP) is 6.03. The van der Waals surface area contributed by atoms with E-state index in [0.717, 1.165) is 18.4 Å². The molecule has 124 valence electrons. The number of fused-ring (bicyclic) bond motifs is 1. The molecular formula is C16H10ClF3N2OS. The van der Waals surface area contributed by atoms with Crippen LogP contribution < -0.4 is 0 Å². The standard InChI is InChI=1S/C16H10ClF3N2OS/c17-11-5-9(8-1-2-8)7-21-14(11)15-22-12-6-10(24-16(18,19)20)3-4-13(12)23-15/h3-8H,1-2H2. The van der Waals surface area contributed by atoms with Gasteiger partial charge in [-0.15, -0.1) is 0 Å². The summed E-state index contributed by atoms with van der Waals surface area (Å²) in [5.74, 6) is 0.723. The van der Waals surface area contributed by atoms with Crippen LogP contribution in [0.4, 0.5) is 13.2 Å². The molecule has 0 unspecified atom stereocenters. The summed E-state index contributed by atoms with van der Waals surface area (Å²) >= 11 is 6.08. The van der Waals surface area contributed by atoms with E-state index >= 15 is 0 Å². The van der Waals surface area contributed by atoms with Gasteiger partial charge in [0.05, 0.1) is 5.02 Å². The maximum atomic E-state index is 12.5. The lowest BCUT2D eigenvalue weighted by molar-refractivity contribution is -0.0328. The number of hydrogen-bond acceptors (Lipinski definition) is 4. The molecule has 0 radical (unpaired) electrons. The third kappa shape index (κ3) is 3.23. The number of hydrogen-bond donors (Lipinski definition) is 0. The first-order valence-electron chi connectivity index (χ1n) is 7.21. The Hall–Kier alpha value is -1.73. The van der Waals surface area contributed by atoms with Gasteiger partial charge in [0.2, 0.25) is 5.89 Å². The van der Waals surface area contributed by atoms with Gasteiger partial charge in [-0.3, -0.25) is 0 Å². The Bertz CT molecular complexity index is 921. The van der Waals surface area contributed by atoms with E-state index in [0.29, 0.717) is 27.7 Å². The molecule has 0 spiro atoms. The fraction of sp³-hybridized carbons (Fsp3) is 0.250. The average molecular weight is 371 g/mol. The third-order valence-corrected chi connectivity index (χ3v) is 4.72. The summed E-state index contributed by atoms with van der Waals surface area (Å²) in [4.78, 5) is 8.60. The number of alkyl halides is 3. The van der Waals surface area contributed by atoms with Crippen LogP contribution in [-0.4, -0.2) is 15.5 Å². The maximum Gasteiger partial charge on any atom is 0.446 e. The van der Waals surface area contributed by atoms with Crippen molar-refractivity contribution in [1.82, 2.24) is 9.97 Å². The van der Waals surface area contributed by atoms with Crippen LogP contribution in [-0.2, 0) is 0 Å². The highest BCUT2D eigenvalue weighted by molar-refractivity contribution is 8.00. The first kappa shape index (κ1) is 15.8. The van der Waals surface area contributed by atoms with Gasteiger partial charge < -0.3 is 4.42 Å². The second kappa shape index (κ2) is 5.67. The topological polar surface area (TPSA) is 38.9 Å². The SMILES string of the molecule is FC(F)(F)Sc1ccc2oc(-c3ncc(C4CC4)cc3Cl)nc2c1. The quantitative estimate of drug-likeness (QED) is 0.527. The van der Waals surface area contributed by atoms with Crippen LogP contribution in [0.25, 0.3) is 22.7 Å². The maximum absolute atomic E-state index is 12.5. The molecule has 3 nitrogen and oxygen atoms in total. The second-order valence-electron chi connectivity index (χ2n) is 5.57. The van der Waals surface area contributed by atoms with E-state index in [9.17, 15) is 13.2 Å². The zero-order valence-electron chi connectivity index (χ0n) is 12.1. The van der Waals surface area contributed by atoms with Crippen LogP contribution >= 0.6 is 23.4 Å². The number of oxazole rings is 1. The van der Waals surface area contributed by atoms with Gasteiger partial charge in [0, 0.05) is 11.1 Å². The molecule has 8 heteroatoms. The van der Waals surface area contributed by atoms with Crippen molar-refractivity contribution in [3.05, 3.63) is 41.0 Å². The monoisotopic (exact) mass is 370 g/mol. The van der Waals surface area contributed by atoms with Crippen molar-refractivity contribution < 1.29 is 17.6 Å². The smallest absolute Gasteiger partial charge is 0.435 e. The van der Waals surface area contributed by atoms with Crippen LogP contribution in [0, 0.1) is 0 Å². The van der Waals surface area contributed by atoms with Crippen LogP contribution in [0.3, 0.4) is 0 Å². The molecule has 2 aromatic heterocycles. The molecule has 24 heavy (non-hydrogen) atoms. The molecule has 1 aliphatic carbocycles. The van der Waals surface area contributed by atoms with Crippen LogP contribution in [0.1, 0.15) is 24.3 Å². The van der Waals surface area contributed by atoms with Crippen molar-refractivity contribution in [2.45, 2.75) is 29.2 Å². The predicted molar refractivity (Wildman–Crippen MR) is 86.1 cm³/mol. The Morgan fingerprint density at radius 3 is 2.67 bits per heavy atom. The lowest BCUT2D eigenvalue weighted by Crippen LogP contribution is -1.98. The van der Waals surface area contributed by atoms with Gasteiger partial charge in [0.15, 0.2) is 5.58 Å².